The first-order valence-electron chi connectivity index (χ1n) is 7.43. The fourth-order valence-corrected chi connectivity index (χ4v) is 2.94. The van der Waals surface area contributed by atoms with Gasteiger partial charge >= 0.3 is 7.12 Å². The van der Waals surface area contributed by atoms with Crippen LogP contribution in [-0.4, -0.2) is 67.3 Å². The molecule has 0 bridgehead atoms. The standard InChI is InChI=1S/C15H25BN2O3/c1-17-8-6-13(7-9-17)18(2)11-12-4-5-15(21-3)14(10-12)16(19)20/h4-5,10,13,19-20H,6-9,11H2,1-3H3. The number of hydrogen-bond donors (Lipinski definition) is 2. The molecule has 2 rings (SSSR count). The van der Waals surface area contributed by atoms with Crippen molar-refractivity contribution in [2.45, 2.75) is 25.4 Å². The molecule has 1 aliphatic heterocycles. The molecule has 1 aliphatic rings. The van der Waals surface area contributed by atoms with Gasteiger partial charge in [-0.2, -0.15) is 0 Å². The third kappa shape index (κ3) is 4.20. The van der Waals surface area contributed by atoms with Crippen molar-refractivity contribution in [3.8, 4) is 5.75 Å². The van der Waals surface area contributed by atoms with E-state index in [0.29, 0.717) is 17.3 Å². The Hall–Kier alpha value is -1.08. The lowest BCUT2D eigenvalue weighted by molar-refractivity contribution is 0.139. The summed E-state index contributed by atoms with van der Waals surface area (Å²) in [6.45, 7) is 3.08. The van der Waals surface area contributed by atoms with Gasteiger partial charge in [0.05, 0.1) is 7.11 Å². The lowest BCUT2D eigenvalue weighted by Crippen LogP contribution is -2.41. The number of nitrogens with zero attached hydrogens (tertiary/aromatic N) is 2. The van der Waals surface area contributed by atoms with Crippen LogP contribution in [0.3, 0.4) is 0 Å². The van der Waals surface area contributed by atoms with E-state index in [0.717, 1.165) is 25.2 Å². The summed E-state index contributed by atoms with van der Waals surface area (Å²) >= 11 is 0. The molecule has 2 N–H and O–H groups in total. The Morgan fingerprint density at radius 3 is 2.57 bits per heavy atom. The first-order valence-corrected chi connectivity index (χ1v) is 7.43. The second-order valence-electron chi connectivity index (χ2n) is 5.90. The predicted molar refractivity (Wildman–Crippen MR) is 84.8 cm³/mol. The fraction of sp³-hybridized carbons (Fsp3) is 0.600. The van der Waals surface area contributed by atoms with Gasteiger partial charge in [0.15, 0.2) is 0 Å². The van der Waals surface area contributed by atoms with Crippen molar-refractivity contribution >= 4 is 12.6 Å². The average molecular weight is 292 g/mol. The molecule has 0 amide bonds. The minimum Gasteiger partial charge on any atom is -0.497 e. The normalized spacial score (nSPS) is 17.2. The zero-order valence-electron chi connectivity index (χ0n) is 13.1. The summed E-state index contributed by atoms with van der Waals surface area (Å²) in [6, 6.07) is 6.18. The van der Waals surface area contributed by atoms with Gasteiger partial charge < -0.3 is 19.7 Å². The second kappa shape index (κ2) is 7.27. The highest BCUT2D eigenvalue weighted by atomic mass is 16.5. The van der Waals surface area contributed by atoms with Crippen molar-refractivity contribution < 1.29 is 14.8 Å². The molecule has 0 saturated carbocycles. The van der Waals surface area contributed by atoms with Gasteiger partial charge in [0.1, 0.15) is 5.75 Å². The van der Waals surface area contributed by atoms with Gasteiger partial charge in [-0.3, -0.25) is 4.90 Å². The van der Waals surface area contributed by atoms with Gasteiger partial charge in [-0.1, -0.05) is 12.1 Å². The van der Waals surface area contributed by atoms with Crippen molar-refractivity contribution in [1.29, 1.82) is 0 Å². The Kier molecular flexibility index (Phi) is 5.64. The number of likely N-dealkylation sites (tertiary alicyclic amines) is 1. The van der Waals surface area contributed by atoms with E-state index in [1.165, 1.54) is 20.0 Å². The monoisotopic (exact) mass is 292 g/mol. The summed E-state index contributed by atoms with van der Waals surface area (Å²) in [5.74, 6) is 0.510. The van der Waals surface area contributed by atoms with Crippen LogP contribution in [0.25, 0.3) is 0 Å². The van der Waals surface area contributed by atoms with E-state index >= 15 is 0 Å². The van der Waals surface area contributed by atoms with Crippen molar-refractivity contribution in [2.75, 3.05) is 34.3 Å². The number of piperidine rings is 1. The summed E-state index contributed by atoms with van der Waals surface area (Å²) in [5.41, 5.74) is 1.49. The molecule has 0 spiro atoms. The molecular weight excluding hydrogens is 267 g/mol. The molecule has 1 saturated heterocycles. The molecule has 0 unspecified atom stereocenters. The molecule has 116 valence electrons. The lowest BCUT2D eigenvalue weighted by atomic mass is 9.78. The highest BCUT2D eigenvalue weighted by Crippen LogP contribution is 2.17. The van der Waals surface area contributed by atoms with Gasteiger partial charge in [0.2, 0.25) is 0 Å². The Morgan fingerprint density at radius 1 is 1.33 bits per heavy atom. The predicted octanol–water partition coefficient (Wildman–Crippen LogP) is -0.0990. The van der Waals surface area contributed by atoms with Gasteiger partial charge in [0.25, 0.3) is 0 Å². The SMILES string of the molecule is COc1ccc(CN(C)C2CCN(C)CC2)cc1B(O)O. The minimum atomic E-state index is -1.51. The Balaban J connectivity index is 2.03. The van der Waals surface area contributed by atoms with Crippen molar-refractivity contribution in [3.63, 3.8) is 0 Å². The maximum Gasteiger partial charge on any atom is 0.492 e. The zero-order valence-corrected chi connectivity index (χ0v) is 13.1. The molecule has 5 nitrogen and oxygen atoms in total. The quantitative estimate of drug-likeness (QED) is 0.742. The van der Waals surface area contributed by atoms with E-state index in [-0.39, 0.29) is 0 Å². The first-order chi connectivity index (χ1) is 10.0. The molecule has 1 fully saturated rings. The maximum atomic E-state index is 9.43. The third-order valence-corrected chi connectivity index (χ3v) is 4.32. The van der Waals surface area contributed by atoms with Gasteiger partial charge in [0, 0.05) is 18.0 Å². The Morgan fingerprint density at radius 2 is 2.00 bits per heavy atom. The highest BCUT2D eigenvalue weighted by molar-refractivity contribution is 6.59. The average Bonchev–Trinajstić information content (AvgIpc) is 2.47. The van der Waals surface area contributed by atoms with E-state index in [1.54, 1.807) is 6.07 Å². The van der Waals surface area contributed by atoms with Crippen LogP contribution < -0.4 is 10.2 Å². The summed E-state index contributed by atoms with van der Waals surface area (Å²) in [6.07, 6.45) is 2.36. The maximum absolute atomic E-state index is 9.43. The van der Waals surface area contributed by atoms with Crippen LogP contribution in [-0.2, 0) is 6.54 Å². The lowest BCUT2D eigenvalue weighted by Gasteiger charge is -2.35. The number of hydrogen-bond acceptors (Lipinski definition) is 5. The van der Waals surface area contributed by atoms with E-state index < -0.39 is 7.12 Å². The zero-order chi connectivity index (χ0) is 15.4. The number of methoxy groups -OCH3 is 1. The fourth-order valence-electron chi connectivity index (χ4n) is 2.94. The van der Waals surface area contributed by atoms with Crippen LogP contribution in [0, 0.1) is 0 Å². The summed E-state index contributed by atoms with van der Waals surface area (Å²) in [4.78, 5) is 4.71. The number of rotatable bonds is 5. The highest BCUT2D eigenvalue weighted by Gasteiger charge is 2.22. The second-order valence-corrected chi connectivity index (χ2v) is 5.90. The summed E-state index contributed by atoms with van der Waals surface area (Å²) in [7, 11) is 4.32. The molecule has 21 heavy (non-hydrogen) atoms. The van der Waals surface area contributed by atoms with Crippen LogP contribution in [0.5, 0.6) is 5.75 Å². The molecule has 0 aromatic heterocycles. The number of benzene rings is 1. The van der Waals surface area contributed by atoms with Crippen LogP contribution >= 0.6 is 0 Å². The minimum absolute atomic E-state index is 0.423. The van der Waals surface area contributed by atoms with Crippen LogP contribution in [0.1, 0.15) is 18.4 Å². The van der Waals surface area contributed by atoms with E-state index in [2.05, 4.69) is 23.9 Å². The molecule has 1 heterocycles. The largest absolute Gasteiger partial charge is 0.497 e. The van der Waals surface area contributed by atoms with Crippen LogP contribution in [0.15, 0.2) is 18.2 Å². The summed E-state index contributed by atoms with van der Waals surface area (Å²) < 4.78 is 5.16. The van der Waals surface area contributed by atoms with Crippen molar-refractivity contribution in [3.05, 3.63) is 23.8 Å². The van der Waals surface area contributed by atoms with Crippen molar-refractivity contribution in [1.82, 2.24) is 9.80 Å². The molecule has 0 aliphatic carbocycles. The van der Waals surface area contributed by atoms with E-state index in [1.807, 2.05) is 12.1 Å². The molecule has 1 aromatic carbocycles. The number of ether oxygens (including phenoxy) is 1. The third-order valence-electron chi connectivity index (χ3n) is 4.32. The van der Waals surface area contributed by atoms with Gasteiger partial charge in [-0.05, 0) is 51.7 Å². The summed E-state index contributed by atoms with van der Waals surface area (Å²) in [5, 5.41) is 18.9. The molecular formula is C15H25BN2O3. The first kappa shape index (κ1) is 16.3. The molecule has 6 heteroatoms. The topological polar surface area (TPSA) is 56.2 Å². The molecule has 1 aromatic rings. The van der Waals surface area contributed by atoms with E-state index in [9.17, 15) is 10.0 Å². The van der Waals surface area contributed by atoms with Crippen LogP contribution in [0.4, 0.5) is 0 Å². The van der Waals surface area contributed by atoms with E-state index in [4.69, 9.17) is 4.74 Å². The Labute approximate surface area is 127 Å². The van der Waals surface area contributed by atoms with Gasteiger partial charge in [-0.15, -0.1) is 0 Å². The van der Waals surface area contributed by atoms with Crippen LogP contribution in [0.2, 0.25) is 0 Å². The smallest absolute Gasteiger partial charge is 0.492 e. The molecule has 0 radical (unpaired) electrons. The Bertz CT molecular complexity index is 462. The van der Waals surface area contributed by atoms with Crippen molar-refractivity contribution in [2.24, 2.45) is 0 Å². The molecule has 0 atom stereocenters. The van der Waals surface area contributed by atoms with Gasteiger partial charge in [-0.25, -0.2) is 0 Å².